The van der Waals surface area contributed by atoms with Crippen LogP contribution >= 0.6 is 0 Å². The third-order valence-corrected chi connectivity index (χ3v) is 2.70. The predicted molar refractivity (Wildman–Crippen MR) is 74.7 cm³/mol. The Morgan fingerprint density at radius 2 is 2.00 bits per heavy atom. The molecular formula is C14H18N4O. The summed E-state index contributed by atoms with van der Waals surface area (Å²) in [5.41, 5.74) is 2.91. The lowest BCUT2D eigenvalue weighted by molar-refractivity contribution is -0.115. The third-order valence-electron chi connectivity index (χ3n) is 2.70. The van der Waals surface area contributed by atoms with Crippen LogP contribution in [-0.2, 0) is 18.4 Å². The van der Waals surface area contributed by atoms with E-state index in [0.717, 1.165) is 11.4 Å². The fraction of sp³-hybridized carbons (Fsp3) is 0.286. The summed E-state index contributed by atoms with van der Waals surface area (Å²) in [5.74, 6) is -0.0558. The minimum atomic E-state index is -0.0558. The van der Waals surface area contributed by atoms with E-state index in [9.17, 15) is 4.79 Å². The number of carbonyl (C=O) groups excluding carboxylic acids is 1. The molecule has 0 aliphatic rings. The summed E-state index contributed by atoms with van der Waals surface area (Å²) in [6, 6.07) is 9.65. The van der Waals surface area contributed by atoms with Gasteiger partial charge in [-0.05, 0) is 25.1 Å². The van der Waals surface area contributed by atoms with Gasteiger partial charge in [0.05, 0.1) is 12.2 Å². The summed E-state index contributed by atoms with van der Waals surface area (Å²) < 4.78 is 1.74. The highest BCUT2D eigenvalue weighted by atomic mass is 16.1. The summed E-state index contributed by atoms with van der Waals surface area (Å²) in [7, 11) is 1.87. The first-order valence-corrected chi connectivity index (χ1v) is 6.19. The summed E-state index contributed by atoms with van der Waals surface area (Å²) >= 11 is 0. The van der Waals surface area contributed by atoms with Crippen LogP contribution in [0.2, 0.25) is 0 Å². The monoisotopic (exact) mass is 258 g/mol. The van der Waals surface area contributed by atoms with Gasteiger partial charge in [0.2, 0.25) is 5.91 Å². The number of nitrogens with one attached hydrogen (secondary N) is 2. The van der Waals surface area contributed by atoms with Gasteiger partial charge in [0.25, 0.3) is 0 Å². The molecular weight excluding hydrogens is 240 g/mol. The van der Waals surface area contributed by atoms with E-state index in [-0.39, 0.29) is 12.5 Å². The fourth-order valence-corrected chi connectivity index (χ4v) is 1.70. The van der Waals surface area contributed by atoms with Crippen LogP contribution in [-0.4, -0.2) is 22.2 Å². The highest BCUT2D eigenvalue weighted by Crippen LogP contribution is 2.07. The number of nitrogens with zero attached hydrogens (tertiary/aromatic N) is 2. The van der Waals surface area contributed by atoms with Crippen molar-refractivity contribution >= 4 is 11.6 Å². The lowest BCUT2D eigenvalue weighted by Gasteiger charge is -2.06. The molecule has 0 aliphatic carbocycles. The first-order valence-electron chi connectivity index (χ1n) is 6.19. The molecule has 0 saturated heterocycles. The van der Waals surface area contributed by atoms with Crippen LogP contribution in [0.5, 0.6) is 0 Å². The molecule has 0 unspecified atom stereocenters. The number of benzene rings is 1. The standard InChI is InChI=1S/C14H18N4O/c1-11-3-5-12(6-4-11)16-14(19)10-15-9-13-7-8-18(2)17-13/h3-8,15H,9-10H2,1-2H3,(H,16,19). The number of hydrogen-bond donors (Lipinski definition) is 2. The van der Waals surface area contributed by atoms with Gasteiger partial charge in [-0.1, -0.05) is 17.7 Å². The van der Waals surface area contributed by atoms with Crippen LogP contribution in [0, 0.1) is 6.92 Å². The number of amides is 1. The van der Waals surface area contributed by atoms with Crippen LogP contribution in [0.3, 0.4) is 0 Å². The molecule has 100 valence electrons. The Morgan fingerprint density at radius 1 is 1.26 bits per heavy atom. The highest BCUT2D eigenvalue weighted by Gasteiger charge is 2.02. The van der Waals surface area contributed by atoms with Crippen LogP contribution in [0.1, 0.15) is 11.3 Å². The molecule has 0 atom stereocenters. The van der Waals surface area contributed by atoms with Crippen LogP contribution in [0.15, 0.2) is 36.5 Å². The third kappa shape index (κ3) is 4.22. The van der Waals surface area contributed by atoms with E-state index in [0.29, 0.717) is 6.54 Å². The van der Waals surface area contributed by atoms with Crippen molar-refractivity contribution in [3.8, 4) is 0 Å². The van der Waals surface area contributed by atoms with Crippen LogP contribution in [0.25, 0.3) is 0 Å². The maximum Gasteiger partial charge on any atom is 0.238 e. The van der Waals surface area contributed by atoms with E-state index in [2.05, 4.69) is 15.7 Å². The first-order chi connectivity index (χ1) is 9.13. The van der Waals surface area contributed by atoms with E-state index < -0.39 is 0 Å². The number of hydrogen-bond acceptors (Lipinski definition) is 3. The molecule has 2 rings (SSSR count). The van der Waals surface area contributed by atoms with Crippen molar-refractivity contribution in [1.29, 1.82) is 0 Å². The van der Waals surface area contributed by atoms with Gasteiger partial charge < -0.3 is 10.6 Å². The van der Waals surface area contributed by atoms with Gasteiger partial charge in [-0.2, -0.15) is 5.10 Å². The zero-order valence-electron chi connectivity index (χ0n) is 11.2. The smallest absolute Gasteiger partial charge is 0.238 e. The molecule has 0 aliphatic heterocycles. The molecule has 0 radical (unpaired) electrons. The minimum Gasteiger partial charge on any atom is -0.325 e. The average Bonchev–Trinajstić information content (AvgIpc) is 2.78. The normalized spacial score (nSPS) is 10.4. The molecule has 0 saturated carbocycles. The Hall–Kier alpha value is -2.14. The van der Waals surface area contributed by atoms with Gasteiger partial charge in [0, 0.05) is 25.5 Å². The van der Waals surface area contributed by atoms with Crippen molar-refractivity contribution in [2.45, 2.75) is 13.5 Å². The number of aryl methyl sites for hydroxylation is 2. The Bertz CT molecular complexity index is 545. The Morgan fingerprint density at radius 3 is 2.63 bits per heavy atom. The number of rotatable bonds is 5. The second-order valence-electron chi connectivity index (χ2n) is 4.50. The minimum absolute atomic E-state index is 0.0558. The lowest BCUT2D eigenvalue weighted by Crippen LogP contribution is -2.27. The van der Waals surface area contributed by atoms with Crippen molar-refractivity contribution in [3.63, 3.8) is 0 Å². The van der Waals surface area contributed by atoms with Crippen molar-refractivity contribution in [2.75, 3.05) is 11.9 Å². The lowest BCUT2D eigenvalue weighted by atomic mass is 10.2. The van der Waals surface area contributed by atoms with Crippen molar-refractivity contribution < 1.29 is 4.79 Å². The largest absolute Gasteiger partial charge is 0.325 e. The van der Waals surface area contributed by atoms with Gasteiger partial charge in [0.1, 0.15) is 0 Å². The summed E-state index contributed by atoms with van der Waals surface area (Å²) in [5, 5.41) is 10.1. The summed E-state index contributed by atoms with van der Waals surface area (Å²) in [4.78, 5) is 11.7. The van der Waals surface area contributed by atoms with Crippen LogP contribution in [0.4, 0.5) is 5.69 Å². The Labute approximate surface area is 112 Å². The second kappa shape index (κ2) is 6.15. The summed E-state index contributed by atoms with van der Waals surface area (Å²) in [6.07, 6.45) is 1.88. The van der Waals surface area contributed by atoms with E-state index in [1.807, 2.05) is 50.5 Å². The van der Waals surface area contributed by atoms with Gasteiger partial charge >= 0.3 is 0 Å². The maximum absolute atomic E-state index is 11.7. The molecule has 0 spiro atoms. The zero-order chi connectivity index (χ0) is 13.7. The van der Waals surface area contributed by atoms with Gasteiger partial charge in [-0.25, -0.2) is 0 Å². The van der Waals surface area contributed by atoms with E-state index >= 15 is 0 Å². The van der Waals surface area contributed by atoms with Crippen molar-refractivity contribution in [1.82, 2.24) is 15.1 Å². The molecule has 1 amide bonds. The topological polar surface area (TPSA) is 59.0 Å². The first kappa shape index (κ1) is 13.3. The molecule has 0 fully saturated rings. The molecule has 5 heteroatoms. The predicted octanol–water partition coefficient (Wildman–Crippen LogP) is 1.46. The van der Waals surface area contributed by atoms with Crippen LogP contribution < -0.4 is 10.6 Å². The van der Waals surface area contributed by atoms with Gasteiger partial charge in [0.15, 0.2) is 0 Å². The van der Waals surface area contributed by atoms with Crippen molar-refractivity contribution in [3.05, 3.63) is 47.8 Å². The Balaban J connectivity index is 1.74. The number of anilines is 1. The zero-order valence-corrected chi connectivity index (χ0v) is 11.2. The fourth-order valence-electron chi connectivity index (χ4n) is 1.70. The van der Waals surface area contributed by atoms with E-state index in [1.165, 1.54) is 5.56 Å². The second-order valence-corrected chi connectivity index (χ2v) is 4.50. The SMILES string of the molecule is Cc1ccc(NC(=O)CNCc2ccn(C)n2)cc1. The highest BCUT2D eigenvalue weighted by molar-refractivity contribution is 5.92. The van der Waals surface area contributed by atoms with E-state index in [1.54, 1.807) is 4.68 Å². The molecule has 0 bridgehead atoms. The molecule has 1 aromatic carbocycles. The van der Waals surface area contributed by atoms with Crippen molar-refractivity contribution in [2.24, 2.45) is 7.05 Å². The quantitative estimate of drug-likeness (QED) is 0.853. The maximum atomic E-state index is 11.7. The molecule has 1 aromatic heterocycles. The molecule has 2 aromatic rings. The molecule has 19 heavy (non-hydrogen) atoms. The molecule has 2 N–H and O–H groups in total. The number of aromatic nitrogens is 2. The average molecular weight is 258 g/mol. The van der Waals surface area contributed by atoms with E-state index in [4.69, 9.17) is 0 Å². The van der Waals surface area contributed by atoms with Gasteiger partial charge in [-0.3, -0.25) is 9.48 Å². The molecule has 1 heterocycles. The number of carbonyl (C=O) groups is 1. The molecule has 5 nitrogen and oxygen atoms in total. The van der Waals surface area contributed by atoms with Gasteiger partial charge in [-0.15, -0.1) is 0 Å². The Kier molecular flexibility index (Phi) is 4.30. The summed E-state index contributed by atoms with van der Waals surface area (Å²) in [6.45, 7) is 2.87.